The molecule has 0 saturated carbocycles. The topological polar surface area (TPSA) is 119 Å². The van der Waals surface area contributed by atoms with Gasteiger partial charge in [-0.25, -0.2) is 8.42 Å². The van der Waals surface area contributed by atoms with Crippen molar-refractivity contribution in [2.24, 2.45) is 0 Å². The zero-order valence-electron chi connectivity index (χ0n) is 6.59. The molecule has 1 N–H and O–H groups in total. The van der Waals surface area contributed by atoms with Crippen molar-refractivity contribution in [3.05, 3.63) is 10.1 Å². The van der Waals surface area contributed by atoms with Gasteiger partial charge in [-0.05, 0) is 9.91 Å². The molecule has 0 fully saturated rings. The molecule has 0 atom stereocenters. The smallest absolute Gasteiger partial charge is 0.390 e. The van der Waals surface area contributed by atoms with Crippen molar-refractivity contribution in [1.29, 1.82) is 0 Å². The van der Waals surface area contributed by atoms with E-state index in [2.05, 4.69) is 10.1 Å². The number of nitrogens with zero attached hydrogens (tertiary/aromatic N) is 3. The average Bonchev–Trinajstić information content (AvgIpc) is 2.52. The van der Waals surface area contributed by atoms with Gasteiger partial charge < -0.3 is 10.1 Å². The van der Waals surface area contributed by atoms with Crippen molar-refractivity contribution in [3.63, 3.8) is 0 Å². The van der Waals surface area contributed by atoms with Gasteiger partial charge in [0, 0.05) is 0 Å². The van der Waals surface area contributed by atoms with Crippen LogP contribution in [0.3, 0.4) is 0 Å². The Balaban J connectivity index is 3.13. The first kappa shape index (κ1) is 9.58. The van der Waals surface area contributed by atoms with Crippen molar-refractivity contribution in [2.75, 3.05) is 5.75 Å². The standard InChI is InChI=1S/C4H6N4O4S/c1-2-13(11,12)4-5-3(6-7-4)8(9)10/h2H2,1H3,(H,5,6,7). The Labute approximate surface area is 73.1 Å². The zero-order chi connectivity index (χ0) is 10.1. The molecule has 0 amide bonds. The lowest BCUT2D eigenvalue weighted by Crippen LogP contribution is -2.05. The molecule has 0 radical (unpaired) electrons. The molecule has 1 heterocycles. The number of sulfone groups is 1. The van der Waals surface area contributed by atoms with Crippen LogP contribution >= 0.6 is 0 Å². The Morgan fingerprint density at radius 2 is 2.23 bits per heavy atom. The summed E-state index contributed by atoms with van der Waals surface area (Å²) in [5.74, 6) is -0.867. The number of H-pyrrole nitrogens is 1. The van der Waals surface area contributed by atoms with Crippen molar-refractivity contribution < 1.29 is 13.3 Å². The van der Waals surface area contributed by atoms with E-state index in [9.17, 15) is 18.5 Å². The highest BCUT2D eigenvalue weighted by Crippen LogP contribution is 2.08. The highest BCUT2D eigenvalue weighted by atomic mass is 32.2. The Hall–Kier alpha value is -1.51. The predicted molar refractivity (Wildman–Crippen MR) is 40.8 cm³/mol. The number of hydrogen-bond acceptors (Lipinski definition) is 6. The van der Waals surface area contributed by atoms with E-state index in [4.69, 9.17) is 0 Å². The minimum atomic E-state index is -3.57. The lowest BCUT2D eigenvalue weighted by molar-refractivity contribution is -0.394. The van der Waals surface area contributed by atoms with Crippen LogP contribution in [0.4, 0.5) is 5.95 Å². The maximum absolute atomic E-state index is 11.1. The summed E-state index contributed by atoms with van der Waals surface area (Å²) in [6.45, 7) is 1.40. The number of hydrogen-bond donors (Lipinski definition) is 1. The summed E-state index contributed by atoms with van der Waals surface area (Å²) in [6.07, 6.45) is 0. The van der Waals surface area contributed by atoms with Crippen LogP contribution in [0.2, 0.25) is 0 Å². The predicted octanol–water partition coefficient (Wildman–Crippen LogP) is -0.493. The fraction of sp³-hybridized carbons (Fsp3) is 0.500. The molecule has 0 saturated heterocycles. The fourth-order valence-corrected chi connectivity index (χ4v) is 1.26. The highest BCUT2D eigenvalue weighted by Gasteiger charge is 2.24. The van der Waals surface area contributed by atoms with E-state index >= 15 is 0 Å². The lowest BCUT2D eigenvalue weighted by Gasteiger charge is -1.87. The molecular weight excluding hydrogens is 200 g/mol. The van der Waals surface area contributed by atoms with Gasteiger partial charge in [-0.15, -0.1) is 5.10 Å². The number of nitro groups is 1. The lowest BCUT2D eigenvalue weighted by atomic mass is 11.0. The van der Waals surface area contributed by atoms with E-state index in [-0.39, 0.29) is 5.75 Å². The Kier molecular flexibility index (Phi) is 2.28. The third-order valence-electron chi connectivity index (χ3n) is 1.28. The van der Waals surface area contributed by atoms with Crippen LogP contribution in [0.25, 0.3) is 0 Å². The van der Waals surface area contributed by atoms with E-state index in [1.165, 1.54) is 6.92 Å². The van der Waals surface area contributed by atoms with Crippen molar-refractivity contribution in [3.8, 4) is 0 Å². The van der Waals surface area contributed by atoms with Crippen molar-refractivity contribution in [1.82, 2.24) is 15.2 Å². The zero-order valence-corrected chi connectivity index (χ0v) is 7.41. The largest absolute Gasteiger partial charge is 0.454 e. The summed E-state index contributed by atoms with van der Waals surface area (Å²) in [4.78, 5) is 12.5. The molecule has 8 nitrogen and oxygen atoms in total. The van der Waals surface area contributed by atoms with Gasteiger partial charge >= 0.3 is 11.1 Å². The van der Waals surface area contributed by atoms with Gasteiger partial charge in [0.05, 0.1) is 5.75 Å². The molecule has 1 aromatic heterocycles. The molecule has 1 rings (SSSR count). The molecule has 0 aromatic carbocycles. The minimum absolute atomic E-state index is 0.192. The van der Waals surface area contributed by atoms with E-state index < -0.39 is 25.9 Å². The first-order valence-electron chi connectivity index (χ1n) is 3.27. The third-order valence-corrected chi connectivity index (χ3v) is 2.78. The molecule has 0 unspecified atom stereocenters. The van der Waals surface area contributed by atoms with Gasteiger partial charge in [-0.1, -0.05) is 12.0 Å². The number of aromatic nitrogens is 3. The van der Waals surface area contributed by atoms with Gasteiger partial charge in [0.1, 0.15) is 0 Å². The number of aromatic amines is 1. The summed E-state index contributed by atoms with van der Waals surface area (Å²) >= 11 is 0. The quantitative estimate of drug-likeness (QED) is 0.526. The van der Waals surface area contributed by atoms with Crippen LogP contribution < -0.4 is 0 Å². The molecule has 1 aromatic rings. The Morgan fingerprint density at radius 3 is 2.62 bits per heavy atom. The molecule has 0 spiro atoms. The second kappa shape index (κ2) is 3.09. The van der Waals surface area contributed by atoms with Gasteiger partial charge in [0.15, 0.2) is 0 Å². The maximum Gasteiger partial charge on any atom is 0.454 e. The van der Waals surface area contributed by atoms with Gasteiger partial charge in [-0.3, -0.25) is 0 Å². The molecule has 9 heteroatoms. The average molecular weight is 206 g/mol. The summed E-state index contributed by atoms with van der Waals surface area (Å²) in [5.41, 5.74) is 0. The molecule has 0 aliphatic rings. The second-order valence-electron chi connectivity index (χ2n) is 2.10. The monoisotopic (exact) mass is 206 g/mol. The molecule has 13 heavy (non-hydrogen) atoms. The van der Waals surface area contributed by atoms with Gasteiger partial charge in [-0.2, -0.15) is 0 Å². The number of rotatable bonds is 3. The van der Waals surface area contributed by atoms with E-state index in [1.807, 2.05) is 5.10 Å². The summed E-state index contributed by atoms with van der Waals surface area (Å²) in [7, 11) is -3.57. The van der Waals surface area contributed by atoms with Gasteiger partial charge in [0.2, 0.25) is 9.84 Å². The van der Waals surface area contributed by atoms with Crippen LogP contribution in [0, 0.1) is 10.1 Å². The molecule has 0 aliphatic carbocycles. The molecule has 72 valence electrons. The molecule has 0 bridgehead atoms. The second-order valence-corrected chi connectivity index (χ2v) is 4.27. The van der Waals surface area contributed by atoms with E-state index in [0.29, 0.717) is 0 Å². The summed E-state index contributed by atoms with van der Waals surface area (Å²) < 4.78 is 22.1. The van der Waals surface area contributed by atoms with E-state index in [0.717, 1.165) is 0 Å². The van der Waals surface area contributed by atoms with Crippen molar-refractivity contribution in [2.45, 2.75) is 12.1 Å². The Morgan fingerprint density at radius 1 is 1.62 bits per heavy atom. The van der Waals surface area contributed by atoms with Gasteiger partial charge in [0.25, 0.3) is 0 Å². The van der Waals surface area contributed by atoms with Crippen LogP contribution in [0.5, 0.6) is 0 Å². The fourth-order valence-electron chi connectivity index (χ4n) is 0.588. The molecular formula is C4H6N4O4S. The normalized spacial score (nSPS) is 11.5. The van der Waals surface area contributed by atoms with Crippen LogP contribution in [-0.2, 0) is 9.84 Å². The minimum Gasteiger partial charge on any atom is -0.390 e. The van der Waals surface area contributed by atoms with E-state index in [1.54, 1.807) is 0 Å². The molecule has 0 aliphatic heterocycles. The first-order chi connectivity index (χ1) is 5.97. The first-order valence-corrected chi connectivity index (χ1v) is 4.92. The van der Waals surface area contributed by atoms with Crippen LogP contribution in [0.1, 0.15) is 6.92 Å². The Bertz CT molecular complexity index is 421. The third kappa shape index (κ3) is 1.80. The SMILES string of the molecule is CCS(=O)(=O)c1n[nH]c([N+](=O)[O-])n1. The maximum atomic E-state index is 11.1. The highest BCUT2D eigenvalue weighted by molar-refractivity contribution is 7.91. The van der Waals surface area contributed by atoms with Crippen molar-refractivity contribution >= 4 is 15.8 Å². The number of nitrogens with one attached hydrogen (secondary N) is 1. The van der Waals surface area contributed by atoms with Crippen LogP contribution in [0.15, 0.2) is 5.16 Å². The summed E-state index contributed by atoms with van der Waals surface area (Å²) in [6, 6.07) is 0. The van der Waals surface area contributed by atoms with Crippen LogP contribution in [-0.4, -0.2) is 34.3 Å². The summed E-state index contributed by atoms with van der Waals surface area (Å²) in [5, 5.41) is 14.7.